The molecule has 3 rings (SSSR count). The number of para-hydroxylation sites is 1. The van der Waals surface area contributed by atoms with Gasteiger partial charge in [-0.05, 0) is 36.6 Å². The lowest BCUT2D eigenvalue weighted by atomic mass is 10.0. The Morgan fingerprint density at radius 3 is 2.68 bits per heavy atom. The van der Waals surface area contributed by atoms with Crippen LogP contribution in [-0.2, 0) is 16.1 Å². The summed E-state index contributed by atoms with van der Waals surface area (Å²) >= 11 is 0. The van der Waals surface area contributed by atoms with Crippen LogP contribution in [0, 0.1) is 0 Å². The Bertz CT molecular complexity index is 789. The fourth-order valence-electron chi connectivity index (χ4n) is 3.39. The van der Waals surface area contributed by atoms with Gasteiger partial charge in [-0.25, -0.2) is 0 Å². The van der Waals surface area contributed by atoms with Gasteiger partial charge in [-0.2, -0.15) is 0 Å². The summed E-state index contributed by atoms with van der Waals surface area (Å²) in [5.74, 6) is -0.189. The lowest BCUT2D eigenvalue weighted by Crippen LogP contribution is -2.46. The van der Waals surface area contributed by atoms with E-state index in [9.17, 15) is 9.59 Å². The molecule has 1 aliphatic rings. The first-order valence-corrected chi connectivity index (χ1v) is 9.46. The fraction of sp³-hybridized carbons (Fsp3) is 0.381. The third-order valence-corrected chi connectivity index (χ3v) is 4.80. The standard InChI is InChI=1S/C21H26N4O3/c1-28-15-20(26)24-17-8-11-25(12-9-17)19-7-3-2-6-18(19)21(27)23-14-16-5-4-10-22-13-16/h2-7,10,13,17H,8-9,11-12,14-15H2,1H3,(H,23,27)(H,24,26). The molecule has 2 N–H and O–H groups in total. The van der Waals surface area contributed by atoms with E-state index in [1.54, 1.807) is 12.4 Å². The van der Waals surface area contributed by atoms with E-state index in [1.807, 2.05) is 36.4 Å². The number of benzene rings is 1. The highest BCUT2D eigenvalue weighted by Crippen LogP contribution is 2.24. The molecular weight excluding hydrogens is 356 g/mol. The topological polar surface area (TPSA) is 83.6 Å². The molecule has 7 nitrogen and oxygen atoms in total. The maximum absolute atomic E-state index is 12.7. The number of pyridine rings is 1. The van der Waals surface area contributed by atoms with Gasteiger partial charge in [0, 0.05) is 50.9 Å². The summed E-state index contributed by atoms with van der Waals surface area (Å²) in [5.41, 5.74) is 2.54. The number of nitrogens with zero attached hydrogens (tertiary/aromatic N) is 2. The van der Waals surface area contributed by atoms with Crippen LogP contribution in [0.15, 0.2) is 48.8 Å². The number of piperidine rings is 1. The molecule has 1 aliphatic heterocycles. The predicted molar refractivity (Wildman–Crippen MR) is 107 cm³/mol. The zero-order chi connectivity index (χ0) is 19.8. The molecule has 148 valence electrons. The van der Waals surface area contributed by atoms with Crippen LogP contribution in [-0.4, -0.2) is 49.6 Å². The second-order valence-electron chi connectivity index (χ2n) is 6.82. The maximum Gasteiger partial charge on any atom is 0.253 e. The van der Waals surface area contributed by atoms with Crippen LogP contribution in [0.4, 0.5) is 5.69 Å². The average Bonchev–Trinajstić information content (AvgIpc) is 2.73. The van der Waals surface area contributed by atoms with Crippen molar-refractivity contribution in [2.45, 2.75) is 25.4 Å². The van der Waals surface area contributed by atoms with E-state index < -0.39 is 0 Å². The summed E-state index contributed by atoms with van der Waals surface area (Å²) in [6, 6.07) is 11.6. The number of nitrogens with one attached hydrogen (secondary N) is 2. The van der Waals surface area contributed by atoms with E-state index in [1.165, 1.54) is 7.11 Å². The third kappa shape index (κ3) is 5.29. The van der Waals surface area contributed by atoms with Crippen molar-refractivity contribution < 1.29 is 14.3 Å². The van der Waals surface area contributed by atoms with Gasteiger partial charge in [0.25, 0.3) is 5.91 Å². The van der Waals surface area contributed by atoms with Crippen molar-refractivity contribution in [2.75, 3.05) is 31.7 Å². The molecule has 2 heterocycles. The number of carbonyl (C=O) groups excluding carboxylic acids is 2. The number of ether oxygens (including phenoxy) is 1. The summed E-state index contributed by atoms with van der Waals surface area (Å²) in [7, 11) is 1.51. The molecule has 28 heavy (non-hydrogen) atoms. The smallest absolute Gasteiger partial charge is 0.253 e. The Balaban J connectivity index is 1.59. The van der Waals surface area contributed by atoms with Crippen molar-refractivity contribution in [1.82, 2.24) is 15.6 Å². The van der Waals surface area contributed by atoms with Crippen molar-refractivity contribution in [3.05, 3.63) is 59.9 Å². The Labute approximate surface area is 165 Å². The first-order chi connectivity index (χ1) is 13.7. The van der Waals surface area contributed by atoms with Crippen LogP contribution in [0.5, 0.6) is 0 Å². The largest absolute Gasteiger partial charge is 0.375 e. The molecule has 0 saturated carbocycles. The lowest BCUT2D eigenvalue weighted by molar-refractivity contribution is -0.125. The number of hydrogen-bond donors (Lipinski definition) is 2. The molecule has 0 atom stereocenters. The van der Waals surface area contributed by atoms with Crippen LogP contribution < -0.4 is 15.5 Å². The summed E-state index contributed by atoms with van der Waals surface area (Å²) < 4.78 is 4.86. The quantitative estimate of drug-likeness (QED) is 0.762. The fourth-order valence-corrected chi connectivity index (χ4v) is 3.39. The molecule has 1 aromatic carbocycles. The van der Waals surface area contributed by atoms with Crippen LogP contribution in [0.1, 0.15) is 28.8 Å². The van der Waals surface area contributed by atoms with Gasteiger partial charge in [0.05, 0.1) is 5.56 Å². The van der Waals surface area contributed by atoms with Crippen LogP contribution in [0.3, 0.4) is 0 Å². The zero-order valence-electron chi connectivity index (χ0n) is 16.1. The first-order valence-electron chi connectivity index (χ1n) is 9.46. The Morgan fingerprint density at radius 2 is 1.96 bits per heavy atom. The van der Waals surface area contributed by atoms with Crippen molar-refractivity contribution in [1.29, 1.82) is 0 Å². The minimum absolute atomic E-state index is 0.0835. The Morgan fingerprint density at radius 1 is 1.18 bits per heavy atom. The van der Waals surface area contributed by atoms with E-state index >= 15 is 0 Å². The third-order valence-electron chi connectivity index (χ3n) is 4.80. The summed E-state index contributed by atoms with van der Waals surface area (Å²) in [6.07, 6.45) is 5.12. The summed E-state index contributed by atoms with van der Waals surface area (Å²) in [4.78, 5) is 30.7. The van der Waals surface area contributed by atoms with Crippen molar-refractivity contribution >= 4 is 17.5 Å². The van der Waals surface area contributed by atoms with E-state index in [-0.39, 0.29) is 24.5 Å². The highest BCUT2D eigenvalue weighted by molar-refractivity contribution is 5.99. The second kappa shape index (κ2) is 9.85. The van der Waals surface area contributed by atoms with Gasteiger partial charge in [-0.3, -0.25) is 14.6 Å². The van der Waals surface area contributed by atoms with E-state index in [4.69, 9.17) is 4.74 Å². The van der Waals surface area contributed by atoms with Gasteiger partial charge >= 0.3 is 0 Å². The molecule has 2 amide bonds. The molecule has 0 radical (unpaired) electrons. The normalized spacial score (nSPS) is 14.5. The minimum Gasteiger partial charge on any atom is -0.375 e. The van der Waals surface area contributed by atoms with Gasteiger partial charge in [-0.15, -0.1) is 0 Å². The molecule has 0 unspecified atom stereocenters. The second-order valence-corrected chi connectivity index (χ2v) is 6.82. The number of methoxy groups -OCH3 is 1. The molecule has 1 saturated heterocycles. The van der Waals surface area contributed by atoms with Crippen molar-refractivity contribution in [3.63, 3.8) is 0 Å². The van der Waals surface area contributed by atoms with Crippen molar-refractivity contribution in [3.8, 4) is 0 Å². The van der Waals surface area contributed by atoms with Gasteiger partial charge in [0.1, 0.15) is 6.61 Å². The van der Waals surface area contributed by atoms with Crippen LogP contribution in [0.2, 0.25) is 0 Å². The number of carbonyl (C=O) groups is 2. The predicted octanol–water partition coefficient (Wildman–Crippen LogP) is 1.74. The number of hydrogen-bond acceptors (Lipinski definition) is 5. The van der Waals surface area contributed by atoms with Gasteiger partial charge in [0.15, 0.2) is 0 Å². The highest BCUT2D eigenvalue weighted by Gasteiger charge is 2.23. The average molecular weight is 382 g/mol. The highest BCUT2D eigenvalue weighted by atomic mass is 16.5. The molecule has 0 bridgehead atoms. The SMILES string of the molecule is COCC(=O)NC1CCN(c2ccccc2C(=O)NCc2cccnc2)CC1. The summed E-state index contributed by atoms with van der Waals surface area (Å²) in [6.45, 7) is 2.09. The monoisotopic (exact) mass is 382 g/mol. The number of amides is 2. The molecular formula is C21H26N4O3. The van der Waals surface area contributed by atoms with Gasteiger partial charge < -0.3 is 20.3 Å². The molecule has 0 spiro atoms. The minimum atomic E-state index is -0.102. The molecule has 1 aromatic heterocycles. The maximum atomic E-state index is 12.7. The Kier molecular flexibility index (Phi) is 6.97. The number of anilines is 1. The molecule has 7 heteroatoms. The Hall–Kier alpha value is -2.93. The van der Waals surface area contributed by atoms with Gasteiger partial charge in [0.2, 0.25) is 5.91 Å². The molecule has 1 fully saturated rings. The van der Waals surface area contributed by atoms with Crippen LogP contribution in [0.25, 0.3) is 0 Å². The zero-order valence-corrected chi connectivity index (χ0v) is 16.1. The number of aromatic nitrogens is 1. The van der Waals surface area contributed by atoms with Crippen molar-refractivity contribution in [2.24, 2.45) is 0 Å². The van der Waals surface area contributed by atoms with E-state index in [0.29, 0.717) is 12.1 Å². The first kappa shape index (κ1) is 19.8. The summed E-state index contributed by atoms with van der Waals surface area (Å²) in [5, 5.41) is 5.96. The lowest BCUT2D eigenvalue weighted by Gasteiger charge is -2.34. The van der Waals surface area contributed by atoms with Gasteiger partial charge in [-0.1, -0.05) is 18.2 Å². The number of rotatable bonds is 7. The van der Waals surface area contributed by atoms with E-state index in [2.05, 4.69) is 20.5 Å². The molecule has 2 aromatic rings. The molecule has 0 aliphatic carbocycles. The van der Waals surface area contributed by atoms with E-state index in [0.717, 1.165) is 37.2 Å². The van der Waals surface area contributed by atoms with Crippen LogP contribution >= 0.6 is 0 Å².